The number of rotatable bonds is 4. The maximum atomic E-state index is 12.1. The predicted molar refractivity (Wildman–Crippen MR) is 69.4 cm³/mol. The summed E-state index contributed by atoms with van der Waals surface area (Å²) in [5, 5.41) is 0. The summed E-state index contributed by atoms with van der Waals surface area (Å²) in [4.78, 5) is 29.1. The van der Waals surface area contributed by atoms with E-state index >= 15 is 0 Å². The van der Waals surface area contributed by atoms with E-state index in [4.69, 9.17) is 0 Å². The predicted octanol–water partition coefficient (Wildman–Crippen LogP) is -1.34. The highest BCUT2D eigenvalue weighted by atomic mass is 32.2. The Morgan fingerprint density at radius 1 is 1.20 bits per heavy atom. The van der Waals surface area contributed by atoms with Crippen LogP contribution in [0.3, 0.4) is 0 Å². The van der Waals surface area contributed by atoms with Crippen molar-refractivity contribution in [1.82, 2.24) is 14.7 Å². The number of aryl methyl sites for hydroxylation is 1. The summed E-state index contributed by atoms with van der Waals surface area (Å²) in [6.45, 7) is 1.39. The van der Waals surface area contributed by atoms with Gasteiger partial charge in [-0.1, -0.05) is 0 Å². The van der Waals surface area contributed by atoms with Crippen LogP contribution >= 0.6 is 0 Å². The summed E-state index contributed by atoms with van der Waals surface area (Å²) in [5.74, 6) is 0. The molecule has 0 saturated carbocycles. The zero-order valence-electron chi connectivity index (χ0n) is 10.6. The number of pyridine rings is 1. The number of H-pyrrole nitrogens is 3. The van der Waals surface area contributed by atoms with Gasteiger partial charge in [0.2, 0.25) is 10.0 Å². The summed E-state index contributed by atoms with van der Waals surface area (Å²) in [5.41, 5.74) is -0.969. The zero-order valence-corrected chi connectivity index (χ0v) is 11.4. The lowest BCUT2D eigenvalue weighted by atomic mass is 10.3. The summed E-state index contributed by atoms with van der Waals surface area (Å²) < 4.78 is 26.5. The number of hydrogen-bond donors (Lipinski definition) is 3. The average Bonchev–Trinajstić information content (AvgIpc) is 2.36. The first-order chi connectivity index (χ1) is 9.40. The van der Waals surface area contributed by atoms with Crippen LogP contribution in [0.4, 0.5) is 0 Å². The second kappa shape index (κ2) is 5.39. The van der Waals surface area contributed by atoms with Crippen LogP contribution in [-0.4, -0.2) is 18.4 Å². The monoisotopic (exact) mass is 297 g/mol. The van der Waals surface area contributed by atoms with Crippen LogP contribution < -0.4 is 21.0 Å². The van der Waals surface area contributed by atoms with Gasteiger partial charge in [0, 0.05) is 24.4 Å². The van der Waals surface area contributed by atoms with E-state index in [-0.39, 0.29) is 12.2 Å². The van der Waals surface area contributed by atoms with E-state index in [1.165, 1.54) is 6.92 Å². The van der Waals surface area contributed by atoms with Crippen LogP contribution in [0, 0.1) is 6.92 Å². The Morgan fingerprint density at radius 3 is 2.45 bits per heavy atom. The Bertz CT molecular complexity index is 823. The highest BCUT2D eigenvalue weighted by molar-refractivity contribution is 7.89. The van der Waals surface area contributed by atoms with E-state index < -0.39 is 26.2 Å². The SMILES string of the molecule is Cc1[nH]c(=O)[nH]c(=O)c1S(=O)(=O)NCc1cc[nH+]cc1. The molecule has 0 fully saturated rings. The topological polar surface area (TPSA) is 126 Å². The molecule has 0 bridgehead atoms. The van der Waals surface area contributed by atoms with Crippen LogP contribution in [0.2, 0.25) is 0 Å². The maximum absolute atomic E-state index is 12.1. The molecule has 2 aromatic heterocycles. The van der Waals surface area contributed by atoms with Gasteiger partial charge in [0.05, 0.1) is 0 Å². The lowest BCUT2D eigenvalue weighted by Crippen LogP contribution is -2.34. The Labute approximate surface area is 114 Å². The standard InChI is InChI=1S/C11H12N4O4S/c1-7-9(10(16)15-11(17)14-7)20(18,19)13-6-8-2-4-12-5-3-8/h2-5,13H,6H2,1H3,(H2,14,15,16,17)/p+1. The van der Waals surface area contributed by atoms with Gasteiger partial charge in [-0.25, -0.2) is 22.9 Å². The fourth-order valence-corrected chi connectivity index (χ4v) is 2.95. The first kappa shape index (κ1) is 14.2. The fraction of sp³-hybridized carbons (Fsp3) is 0.182. The van der Waals surface area contributed by atoms with E-state index in [9.17, 15) is 18.0 Å². The number of aromatic nitrogens is 3. The molecule has 2 heterocycles. The van der Waals surface area contributed by atoms with Crippen LogP contribution in [0.15, 0.2) is 39.0 Å². The first-order valence-electron chi connectivity index (χ1n) is 5.68. The fourth-order valence-electron chi connectivity index (χ4n) is 1.70. The molecule has 0 amide bonds. The third-order valence-electron chi connectivity index (χ3n) is 2.60. The van der Waals surface area contributed by atoms with Crippen LogP contribution in [0.5, 0.6) is 0 Å². The van der Waals surface area contributed by atoms with Gasteiger partial charge in [-0.3, -0.25) is 9.78 Å². The smallest absolute Gasteiger partial charge is 0.310 e. The number of hydrogen-bond acceptors (Lipinski definition) is 4. The molecule has 0 aliphatic rings. The molecule has 0 aliphatic carbocycles. The minimum Gasteiger partial charge on any atom is -0.310 e. The molecule has 20 heavy (non-hydrogen) atoms. The second-order valence-electron chi connectivity index (χ2n) is 4.10. The van der Waals surface area contributed by atoms with Gasteiger partial charge < -0.3 is 4.98 Å². The maximum Gasteiger partial charge on any atom is 0.325 e. The minimum absolute atomic E-state index is 0.00681. The third-order valence-corrected chi connectivity index (χ3v) is 4.15. The molecule has 0 unspecified atom stereocenters. The Kier molecular flexibility index (Phi) is 3.81. The molecule has 0 atom stereocenters. The third kappa shape index (κ3) is 3.00. The molecule has 0 spiro atoms. The summed E-state index contributed by atoms with van der Waals surface area (Å²) in [7, 11) is -4.01. The molecule has 8 nitrogen and oxygen atoms in total. The molecular formula is C11H13N4O4S+. The summed E-state index contributed by atoms with van der Waals surface area (Å²) in [6, 6.07) is 3.40. The molecule has 9 heteroatoms. The van der Waals surface area contributed by atoms with Gasteiger partial charge in [0.15, 0.2) is 17.3 Å². The Morgan fingerprint density at radius 2 is 1.85 bits per heavy atom. The summed E-state index contributed by atoms with van der Waals surface area (Å²) in [6.07, 6.45) is 3.31. The average molecular weight is 297 g/mol. The lowest BCUT2D eigenvalue weighted by molar-refractivity contribution is -0.378. The van der Waals surface area contributed by atoms with Crippen LogP contribution in [0.1, 0.15) is 11.3 Å². The highest BCUT2D eigenvalue weighted by Gasteiger charge is 2.21. The number of nitrogens with one attached hydrogen (secondary N) is 4. The molecule has 4 N–H and O–H groups in total. The Hall–Kier alpha value is -2.26. The first-order valence-corrected chi connectivity index (χ1v) is 7.16. The van der Waals surface area contributed by atoms with Crippen molar-refractivity contribution >= 4 is 10.0 Å². The molecule has 106 valence electrons. The van der Waals surface area contributed by atoms with E-state index in [1.807, 2.05) is 4.98 Å². The van der Waals surface area contributed by atoms with Crippen LogP contribution in [-0.2, 0) is 16.6 Å². The van der Waals surface area contributed by atoms with Gasteiger partial charge >= 0.3 is 5.69 Å². The van der Waals surface area contributed by atoms with Crippen molar-refractivity contribution < 1.29 is 13.4 Å². The highest BCUT2D eigenvalue weighted by Crippen LogP contribution is 2.06. The summed E-state index contributed by atoms with van der Waals surface area (Å²) >= 11 is 0. The van der Waals surface area contributed by atoms with Gasteiger partial charge in [-0.05, 0) is 12.5 Å². The molecule has 0 radical (unpaired) electrons. The van der Waals surface area contributed by atoms with E-state index in [0.717, 1.165) is 5.56 Å². The molecule has 0 saturated heterocycles. The van der Waals surface area contributed by atoms with E-state index in [2.05, 4.69) is 14.7 Å². The lowest BCUT2D eigenvalue weighted by Gasteiger charge is -2.07. The molecule has 2 aromatic rings. The van der Waals surface area contributed by atoms with Gasteiger partial charge in [0.1, 0.15) is 0 Å². The van der Waals surface area contributed by atoms with E-state index in [1.54, 1.807) is 24.5 Å². The van der Waals surface area contributed by atoms with Crippen LogP contribution in [0.25, 0.3) is 0 Å². The van der Waals surface area contributed by atoms with Crippen molar-refractivity contribution in [3.05, 3.63) is 56.6 Å². The van der Waals surface area contributed by atoms with E-state index in [0.29, 0.717) is 0 Å². The van der Waals surface area contributed by atoms with Crippen molar-refractivity contribution in [2.45, 2.75) is 18.4 Å². The Balaban J connectivity index is 2.32. The quantitative estimate of drug-likeness (QED) is 0.646. The van der Waals surface area contributed by atoms with Gasteiger partial charge in [-0.15, -0.1) is 0 Å². The van der Waals surface area contributed by atoms with Crippen molar-refractivity contribution in [3.8, 4) is 0 Å². The number of sulfonamides is 1. The second-order valence-corrected chi connectivity index (χ2v) is 5.80. The minimum atomic E-state index is -4.01. The molecule has 0 aromatic carbocycles. The molecular weight excluding hydrogens is 284 g/mol. The largest absolute Gasteiger partial charge is 0.325 e. The normalized spacial score (nSPS) is 11.4. The molecule has 2 rings (SSSR count). The van der Waals surface area contributed by atoms with Crippen molar-refractivity contribution in [2.24, 2.45) is 0 Å². The van der Waals surface area contributed by atoms with Crippen molar-refractivity contribution in [1.29, 1.82) is 0 Å². The molecule has 0 aliphatic heterocycles. The van der Waals surface area contributed by atoms with Gasteiger partial charge in [-0.2, -0.15) is 0 Å². The van der Waals surface area contributed by atoms with Crippen molar-refractivity contribution in [3.63, 3.8) is 0 Å². The van der Waals surface area contributed by atoms with Crippen molar-refractivity contribution in [2.75, 3.05) is 0 Å². The van der Waals surface area contributed by atoms with Gasteiger partial charge in [0.25, 0.3) is 5.56 Å². The zero-order chi connectivity index (χ0) is 14.8. The number of aromatic amines is 3.